The van der Waals surface area contributed by atoms with Gasteiger partial charge in [0.1, 0.15) is 0 Å². The second-order valence-corrected chi connectivity index (χ2v) is 6.96. The van der Waals surface area contributed by atoms with Crippen LogP contribution in [0.25, 0.3) is 11.4 Å². The largest absolute Gasteiger partial charge is 0.294 e. The molecule has 1 heterocycles. The first-order valence-corrected chi connectivity index (χ1v) is 7.46. The van der Waals surface area contributed by atoms with Crippen LogP contribution < -0.4 is 0 Å². The first-order chi connectivity index (χ1) is 9.85. The molecule has 21 heavy (non-hydrogen) atoms. The highest BCUT2D eigenvalue weighted by Gasteiger charge is 2.32. The number of aromatic nitrogens is 2. The Hall–Kier alpha value is -1.45. The molecule has 108 valence electrons. The van der Waals surface area contributed by atoms with Gasteiger partial charge in [0, 0.05) is 23.2 Å². The second-order valence-electron chi connectivity index (χ2n) is 6.12. The van der Waals surface area contributed by atoms with Crippen LogP contribution in [-0.4, -0.2) is 15.8 Å². The maximum Gasteiger partial charge on any atom is 0.166 e. The van der Waals surface area contributed by atoms with E-state index in [1.54, 1.807) is 24.4 Å². The molecular formula is C16H14Cl2N2O. The molecule has 0 bridgehead atoms. The molecule has 1 aliphatic carbocycles. The highest BCUT2D eigenvalue weighted by atomic mass is 35.5. The Labute approximate surface area is 133 Å². The van der Waals surface area contributed by atoms with Crippen molar-refractivity contribution in [2.45, 2.75) is 26.7 Å². The average molecular weight is 321 g/mol. The van der Waals surface area contributed by atoms with Gasteiger partial charge in [0.05, 0.1) is 16.3 Å². The molecule has 1 aromatic carbocycles. The van der Waals surface area contributed by atoms with Crippen LogP contribution in [0.3, 0.4) is 0 Å². The first kappa shape index (κ1) is 14.5. The first-order valence-electron chi connectivity index (χ1n) is 6.70. The van der Waals surface area contributed by atoms with E-state index >= 15 is 0 Å². The summed E-state index contributed by atoms with van der Waals surface area (Å²) in [6, 6.07) is 5.18. The second kappa shape index (κ2) is 5.08. The summed E-state index contributed by atoms with van der Waals surface area (Å²) in [6.45, 7) is 4.14. The maximum atomic E-state index is 12.1. The van der Waals surface area contributed by atoms with E-state index in [4.69, 9.17) is 23.2 Å². The summed E-state index contributed by atoms with van der Waals surface area (Å²) in [5, 5.41) is 1.12. The molecule has 0 fully saturated rings. The van der Waals surface area contributed by atoms with Gasteiger partial charge in [-0.1, -0.05) is 37.0 Å². The van der Waals surface area contributed by atoms with E-state index in [0.29, 0.717) is 33.4 Å². The van der Waals surface area contributed by atoms with E-state index in [0.717, 1.165) is 12.1 Å². The molecule has 0 unspecified atom stereocenters. The molecule has 0 radical (unpaired) electrons. The number of hydrogen-bond donors (Lipinski definition) is 0. The van der Waals surface area contributed by atoms with E-state index in [1.165, 1.54) is 0 Å². The molecule has 2 aromatic rings. The number of Topliss-reactive ketones (excluding diaryl/α,β-unsaturated/α-hetero) is 1. The minimum Gasteiger partial charge on any atom is -0.294 e. The third kappa shape index (κ3) is 2.81. The predicted octanol–water partition coefficient (Wildman–Crippen LogP) is 4.61. The lowest BCUT2D eigenvalue weighted by Gasteiger charge is -2.29. The van der Waals surface area contributed by atoms with Crippen molar-refractivity contribution in [1.29, 1.82) is 0 Å². The van der Waals surface area contributed by atoms with Crippen LogP contribution in [0.4, 0.5) is 0 Å². The number of nitrogens with zero attached hydrogens (tertiary/aromatic N) is 2. The van der Waals surface area contributed by atoms with E-state index < -0.39 is 0 Å². The van der Waals surface area contributed by atoms with Gasteiger partial charge in [0.2, 0.25) is 0 Å². The van der Waals surface area contributed by atoms with Crippen LogP contribution in [0.1, 0.15) is 36.3 Å². The zero-order valence-electron chi connectivity index (χ0n) is 11.8. The molecule has 1 aromatic heterocycles. The Morgan fingerprint density at radius 1 is 1.14 bits per heavy atom. The van der Waals surface area contributed by atoms with Crippen molar-refractivity contribution in [3.63, 3.8) is 0 Å². The van der Waals surface area contributed by atoms with Crippen molar-refractivity contribution in [3.05, 3.63) is 45.7 Å². The summed E-state index contributed by atoms with van der Waals surface area (Å²) in [5.41, 5.74) is 2.02. The quantitative estimate of drug-likeness (QED) is 0.770. The number of benzene rings is 1. The van der Waals surface area contributed by atoms with Gasteiger partial charge in [-0.25, -0.2) is 9.97 Å². The molecular weight excluding hydrogens is 307 g/mol. The summed E-state index contributed by atoms with van der Waals surface area (Å²) in [4.78, 5) is 21.0. The number of hydrogen-bond acceptors (Lipinski definition) is 3. The van der Waals surface area contributed by atoms with Crippen LogP contribution >= 0.6 is 23.2 Å². The summed E-state index contributed by atoms with van der Waals surface area (Å²) in [6.07, 6.45) is 2.88. The molecule has 0 saturated carbocycles. The van der Waals surface area contributed by atoms with Crippen molar-refractivity contribution < 1.29 is 4.79 Å². The molecule has 0 aliphatic heterocycles. The zero-order valence-corrected chi connectivity index (χ0v) is 13.3. The Morgan fingerprint density at radius 3 is 2.67 bits per heavy atom. The number of halogens is 2. The normalized spacial score (nSPS) is 16.7. The predicted molar refractivity (Wildman–Crippen MR) is 83.9 cm³/mol. The molecule has 0 spiro atoms. The van der Waals surface area contributed by atoms with E-state index in [2.05, 4.69) is 23.8 Å². The number of carbonyl (C=O) groups is 1. The fourth-order valence-electron chi connectivity index (χ4n) is 2.63. The van der Waals surface area contributed by atoms with Crippen molar-refractivity contribution in [2.24, 2.45) is 5.41 Å². The van der Waals surface area contributed by atoms with Crippen molar-refractivity contribution >= 4 is 29.0 Å². The highest BCUT2D eigenvalue weighted by Crippen LogP contribution is 2.35. The van der Waals surface area contributed by atoms with Crippen LogP contribution in [-0.2, 0) is 6.42 Å². The number of fused-ring (bicyclic) bond motifs is 1. The minimum atomic E-state index is -0.0756. The minimum absolute atomic E-state index is 0.0756. The molecule has 0 N–H and O–H groups in total. The molecule has 1 aliphatic rings. The molecule has 3 rings (SSSR count). The van der Waals surface area contributed by atoms with Gasteiger partial charge < -0.3 is 0 Å². The highest BCUT2D eigenvalue weighted by molar-refractivity contribution is 6.35. The van der Waals surface area contributed by atoms with Crippen molar-refractivity contribution in [2.75, 3.05) is 0 Å². The lowest BCUT2D eigenvalue weighted by atomic mass is 9.76. The standard InChI is InChI=1S/C16H14Cl2N2O/c1-16(2)6-13-11(14(21)7-16)8-19-15(20-13)10-5-9(17)3-4-12(10)18/h3-5,8H,6-7H2,1-2H3. The Morgan fingerprint density at radius 2 is 1.90 bits per heavy atom. The molecule has 3 nitrogen and oxygen atoms in total. The van der Waals surface area contributed by atoms with Crippen LogP contribution in [0.15, 0.2) is 24.4 Å². The van der Waals surface area contributed by atoms with E-state index in [1.807, 2.05) is 0 Å². The Bertz CT molecular complexity index is 741. The third-order valence-corrected chi connectivity index (χ3v) is 4.19. The monoisotopic (exact) mass is 320 g/mol. The van der Waals surface area contributed by atoms with Crippen LogP contribution in [0.5, 0.6) is 0 Å². The lowest BCUT2D eigenvalue weighted by molar-refractivity contribution is 0.0910. The fourth-order valence-corrected chi connectivity index (χ4v) is 3.00. The number of carbonyl (C=O) groups excluding carboxylic acids is 1. The maximum absolute atomic E-state index is 12.1. The van der Waals surface area contributed by atoms with Crippen LogP contribution in [0, 0.1) is 5.41 Å². The Balaban J connectivity index is 2.11. The summed E-state index contributed by atoms with van der Waals surface area (Å²) in [5.74, 6) is 0.608. The third-order valence-electron chi connectivity index (χ3n) is 3.62. The molecule has 0 atom stereocenters. The van der Waals surface area contributed by atoms with Crippen LogP contribution in [0.2, 0.25) is 10.0 Å². The van der Waals surface area contributed by atoms with Gasteiger partial charge >= 0.3 is 0 Å². The van der Waals surface area contributed by atoms with E-state index in [9.17, 15) is 4.79 Å². The number of ketones is 1. The fraction of sp³-hybridized carbons (Fsp3) is 0.312. The van der Waals surface area contributed by atoms with E-state index in [-0.39, 0.29) is 11.2 Å². The van der Waals surface area contributed by atoms with Crippen molar-refractivity contribution in [1.82, 2.24) is 9.97 Å². The molecule has 0 saturated heterocycles. The number of rotatable bonds is 1. The SMILES string of the molecule is CC1(C)CC(=O)c2cnc(-c3cc(Cl)ccc3Cl)nc2C1. The zero-order chi connectivity index (χ0) is 15.2. The average Bonchev–Trinajstić information content (AvgIpc) is 2.39. The smallest absolute Gasteiger partial charge is 0.166 e. The van der Waals surface area contributed by atoms with Crippen molar-refractivity contribution in [3.8, 4) is 11.4 Å². The summed E-state index contributed by atoms with van der Waals surface area (Å²) < 4.78 is 0. The Kier molecular flexibility index (Phi) is 3.50. The van der Waals surface area contributed by atoms with Gasteiger partial charge in [-0.2, -0.15) is 0 Å². The van der Waals surface area contributed by atoms with Gasteiger partial charge in [-0.15, -0.1) is 0 Å². The molecule has 0 amide bonds. The van der Waals surface area contributed by atoms with Gasteiger partial charge in [0.15, 0.2) is 11.6 Å². The van der Waals surface area contributed by atoms with Gasteiger partial charge in [0.25, 0.3) is 0 Å². The topological polar surface area (TPSA) is 42.9 Å². The summed E-state index contributed by atoms with van der Waals surface area (Å²) in [7, 11) is 0. The summed E-state index contributed by atoms with van der Waals surface area (Å²) >= 11 is 12.2. The van der Waals surface area contributed by atoms with Gasteiger partial charge in [-0.05, 0) is 30.0 Å². The van der Waals surface area contributed by atoms with Gasteiger partial charge in [-0.3, -0.25) is 4.79 Å². The lowest BCUT2D eigenvalue weighted by Crippen LogP contribution is -2.28. The molecule has 5 heteroatoms.